The highest BCUT2D eigenvalue weighted by Gasteiger charge is 2.13. The molecule has 0 aliphatic heterocycles. The van der Waals surface area contributed by atoms with Gasteiger partial charge in [-0.1, -0.05) is 13.0 Å². The second-order valence-electron chi connectivity index (χ2n) is 3.89. The summed E-state index contributed by atoms with van der Waals surface area (Å²) in [5.74, 6) is 0.642. The third-order valence-electron chi connectivity index (χ3n) is 2.53. The molecule has 0 spiro atoms. The predicted octanol–water partition coefficient (Wildman–Crippen LogP) is 0.995. The van der Waals surface area contributed by atoms with Gasteiger partial charge in [0.25, 0.3) is 0 Å². The summed E-state index contributed by atoms with van der Waals surface area (Å²) in [6.45, 7) is 6.18. The SMILES string of the molecule is C=CCN(CCO)C(=O)Nc1cc(CC)nn1C. The molecule has 6 nitrogen and oxygen atoms in total. The van der Waals surface area contributed by atoms with Gasteiger partial charge in [0.2, 0.25) is 0 Å². The number of carbonyl (C=O) groups excluding carboxylic acids is 1. The van der Waals surface area contributed by atoms with Crippen LogP contribution in [0.4, 0.5) is 10.6 Å². The predicted molar refractivity (Wildman–Crippen MR) is 70.5 cm³/mol. The van der Waals surface area contributed by atoms with Gasteiger partial charge in [0.1, 0.15) is 5.82 Å². The Morgan fingerprint density at radius 1 is 1.72 bits per heavy atom. The van der Waals surface area contributed by atoms with Crippen LogP contribution in [-0.2, 0) is 13.5 Å². The molecule has 1 aromatic rings. The van der Waals surface area contributed by atoms with E-state index in [9.17, 15) is 4.79 Å². The molecule has 100 valence electrons. The molecule has 0 radical (unpaired) electrons. The molecule has 0 aliphatic rings. The second kappa shape index (κ2) is 6.80. The number of hydrogen-bond acceptors (Lipinski definition) is 3. The Bertz CT molecular complexity index is 414. The zero-order valence-corrected chi connectivity index (χ0v) is 10.9. The quantitative estimate of drug-likeness (QED) is 0.742. The Balaban J connectivity index is 2.71. The van der Waals surface area contributed by atoms with Crippen molar-refractivity contribution in [3.63, 3.8) is 0 Å². The molecule has 2 N–H and O–H groups in total. The number of aryl methyl sites for hydroxylation is 2. The summed E-state index contributed by atoms with van der Waals surface area (Å²) >= 11 is 0. The summed E-state index contributed by atoms with van der Waals surface area (Å²) in [6, 6.07) is 1.57. The summed E-state index contributed by atoms with van der Waals surface area (Å²) in [5, 5.41) is 15.9. The molecule has 0 aromatic carbocycles. The van der Waals surface area contributed by atoms with Crippen LogP contribution in [0.3, 0.4) is 0 Å². The minimum atomic E-state index is -0.269. The Hall–Kier alpha value is -1.82. The van der Waals surface area contributed by atoms with E-state index >= 15 is 0 Å². The highest BCUT2D eigenvalue weighted by atomic mass is 16.3. The highest BCUT2D eigenvalue weighted by Crippen LogP contribution is 2.10. The van der Waals surface area contributed by atoms with Crippen molar-refractivity contribution in [2.75, 3.05) is 25.0 Å². The van der Waals surface area contributed by atoms with E-state index in [2.05, 4.69) is 17.0 Å². The van der Waals surface area contributed by atoms with E-state index in [1.165, 1.54) is 4.90 Å². The fraction of sp³-hybridized carbons (Fsp3) is 0.500. The van der Waals surface area contributed by atoms with Crippen molar-refractivity contribution in [3.8, 4) is 0 Å². The zero-order valence-electron chi connectivity index (χ0n) is 10.9. The number of aliphatic hydroxyl groups excluding tert-OH is 1. The number of aromatic nitrogens is 2. The number of nitrogens with one attached hydrogen (secondary N) is 1. The lowest BCUT2D eigenvalue weighted by Gasteiger charge is -2.20. The summed E-state index contributed by atoms with van der Waals surface area (Å²) in [6.07, 6.45) is 2.44. The number of hydrogen-bond donors (Lipinski definition) is 2. The average Bonchev–Trinajstić information content (AvgIpc) is 2.70. The maximum absolute atomic E-state index is 12.0. The van der Waals surface area contributed by atoms with Crippen LogP contribution in [0.1, 0.15) is 12.6 Å². The van der Waals surface area contributed by atoms with Crippen LogP contribution in [0.2, 0.25) is 0 Å². The van der Waals surface area contributed by atoms with Gasteiger partial charge in [-0.25, -0.2) is 4.79 Å². The largest absolute Gasteiger partial charge is 0.395 e. The standard InChI is InChI=1S/C12H20N4O2/c1-4-6-16(7-8-17)12(18)13-11-9-10(5-2)14-15(11)3/h4,9,17H,1,5-8H2,2-3H3,(H,13,18). The Labute approximate surface area is 107 Å². The number of urea groups is 1. The Morgan fingerprint density at radius 2 is 2.44 bits per heavy atom. The third-order valence-corrected chi connectivity index (χ3v) is 2.53. The van der Waals surface area contributed by atoms with E-state index < -0.39 is 0 Å². The van der Waals surface area contributed by atoms with Gasteiger partial charge in [0, 0.05) is 26.2 Å². The van der Waals surface area contributed by atoms with Crippen LogP contribution in [0.25, 0.3) is 0 Å². The van der Waals surface area contributed by atoms with E-state index in [0.717, 1.165) is 12.1 Å². The molecular weight excluding hydrogens is 232 g/mol. The lowest BCUT2D eigenvalue weighted by atomic mass is 10.3. The average molecular weight is 252 g/mol. The van der Waals surface area contributed by atoms with Gasteiger partial charge in [-0.15, -0.1) is 6.58 Å². The van der Waals surface area contributed by atoms with Crippen molar-refractivity contribution < 1.29 is 9.90 Å². The monoisotopic (exact) mass is 252 g/mol. The number of nitrogens with zero attached hydrogens (tertiary/aromatic N) is 3. The lowest BCUT2D eigenvalue weighted by molar-refractivity contribution is 0.195. The van der Waals surface area contributed by atoms with E-state index in [1.807, 2.05) is 13.0 Å². The van der Waals surface area contributed by atoms with E-state index in [1.54, 1.807) is 17.8 Å². The molecule has 0 saturated heterocycles. The normalized spacial score (nSPS) is 10.2. The summed E-state index contributed by atoms with van der Waals surface area (Å²) in [7, 11) is 1.78. The molecule has 6 heteroatoms. The van der Waals surface area contributed by atoms with Crippen molar-refractivity contribution >= 4 is 11.8 Å². The number of amides is 2. The maximum Gasteiger partial charge on any atom is 0.323 e. The molecule has 2 amide bonds. The smallest absolute Gasteiger partial charge is 0.323 e. The molecule has 0 atom stereocenters. The number of anilines is 1. The molecule has 0 aliphatic carbocycles. The molecule has 0 saturated carbocycles. The van der Waals surface area contributed by atoms with Gasteiger partial charge in [0.15, 0.2) is 0 Å². The molecule has 0 unspecified atom stereocenters. The zero-order chi connectivity index (χ0) is 13.5. The Morgan fingerprint density at radius 3 is 2.94 bits per heavy atom. The summed E-state index contributed by atoms with van der Waals surface area (Å²) in [5.41, 5.74) is 0.922. The van der Waals surface area contributed by atoms with Crippen LogP contribution >= 0.6 is 0 Å². The molecule has 0 bridgehead atoms. The van der Waals surface area contributed by atoms with Gasteiger partial charge in [0.05, 0.1) is 12.3 Å². The van der Waals surface area contributed by atoms with Crippen molar-refractivity contribution in [2.45, 2.75) is 13.3 Å². The van der Waals surface area contributed by atoms with Gasteiger partial charge >= 0.3 is 6.03 Å². The first-order valence-corrected chi connectivity index (χ1v) is 5.93. The van der Waals surface area contributed by atoms with Crippen LogP contribution in [0, 0.1) is 0 Å². The first-order valence-electron chi connectivity index (χ1n) is 5.93. The van der Waals surface area contributed by atoms with Crippen molar-refractivity contribution in [1.82, 2.24) is 14.7 Å². The van der Waals surface area contributed by atoms with Gasteiger partial charge < -0.3 is 10.0 Å². The van der Waals surface area contributed by atoms with Gasteiger partial charge in [-0.05, 0) is 6.42 Å². The number of aliphatic hydroxyl groups is 1. The molecule has 1 rings (SSSR count). The molecule has 18 heavy (non-hydrogen) atoms. The first-order chi connectivity index (χ1) is 8.62. The minimum absolute atomic E-state index is 0.0765. The number of carbonyl (C=O) groups is 1. The van der Waals surface area contributed by atoms with E-state index in [0.29, 0.717) is 12.4 Å². The summed E-state index contributed by atoms with van der Waals surface area (Å²) < 4.78 is 1.63. The molecular formula is C12H20N4O2. The number of rotatable bonds is 6. The van der Waals surface area contributed by atoms with E-state index in [-0.39, 0.29) is 19.2 Å². The Kier molecular flexibility index (Phi) is 5.38. The fourth-order valence-corrected chi connectivity index (χ4v) is 1.56. The summed E-state index contributed by atoms with van der Waals surface area (Å²) in [4.78, 5) is 13.4. The second-order valence-corrected chi connectivity index (χ2v) is 3.89. The lowest BCUT2D eigenvalue weighted by Crippen LogP contribution is -2.37. The molecule has 1 heterocycles. The third kappa shape index (κ3) is 3.59. The van der Waals surface area contributed by atoms with Crippen LogP contribution in [0.15, 0.2) is 18.7 Å². The highest BCUT2D eigenvalue weighted by molar-refractivity contribution is 5.88. The van der Waals surface area contributed by atoms with Crippen LogP contribution in [-0.4, -0.2) is 45.5 Å². The maximum atomic E-state index is 12.0. The van der Waals surface area contributed by atoms with Crippen LogP contribution < -0.4 is 5.32 Å². The fourth-order valence-electron chi connectivity index (χ4n) is 1.56. The first kappa shape index (κ1) is 14.2. The topological polar surface area (TPSA) is 70.4 Å². The molecule has 0 fully saturated rings. The van der Waals surface area contributed by atoms with Crippen LogP contribution in [0.5, 0.6) is 0 Å². The van der Waals surface area contributed by atoms with Gasteiger partial charge in [-0.2, -0.15) is 5.10 Å². The van der Waals surface area contributed by atoms with E-state index in [4.69, 9.17) is 5.11 Å². The van der Waals surface area contributed by atoms with Crippen molar-refractivity contribution in [3.05, 3.63) is 24.4 Å². The van der Waals surface area contributed by atoms with Crippen molar-refractivity contribution in [1.29, 1.82) is 0 Å². The van der Waals surface area contributed by atoms with Crippen molar-refractivity contribution in [2.24, 2.45) is 7.05 Å². The van der Waals surface area contributed by atoms with Gasteiger partial charge in [-0.3, -0.25) is 10.00 Å². The minimum Gasteiger partial charge on any atom is -0.395 e. The molecule has 1 aromatic heterocycles.